The van der Waals surface area contributed by atoms with Crippen LogP contribution in [0.4, 0.5) is 6.01 Å². The van der Waals surface area contributed by atoms with E-state index in [0.717, 1.165) is 30.7 Å². The van der Waals surface area contributed by atoms with Gasteiger partial charge in [-0.3, -0.25) is 4.79 Å². The van der Waals surface area contributed by atoms with Crippen molar-refractivity contribution < 1.29 is 19.1 Å². The van der Waals surface area contributed by atoms with E-state index in [1.165, 1.54) is 0 Å². The molecule has 6 heteroatoms. The molecular formula is C15H18N2O4. The number of carboxylic acid groups (broad SMARTS) is 1. The second-order valence-corrected chi connectivity index (χ2v) is 5.38. The third kappa shape index (κ3) is 2.94. The van der Waals surface area contributed by atoms with Crippen molar-refractivity contribution in [1.82, 2.24) is 4.98 Å². The first-order valence-electron chi connectivity index (χ1n) is 7.07. The Hall–Kier alpha value is -2.24. The molecule has 0 unspecified atom stereocenters. The van der Waals surface area contributed by atoms with E-state index in [1.807, 2.05) is 23.1 Å². The van der Waals surface area contributed by atoms with E-state index in [4.69, 9.17) is 14.3 Å². The van der Waals surface area contributed by atoms with Crippen LogP contribution < -0.4 is 9.64 Å². The number of carbonyl (C=O) groups is 1. The van der Waals surface area contributed by atoms with Crippen molar-refractivity contribution in [1.29, 1.82) is 0 Å². The average Bonchev–Trinajstić information content (AvgIpc) is 2.89. The highest BCUT2D eigenvalue weighted by Crippen LogP contribution is 2.29. The molecule has 1 N–H and O–H groups in total. The number of ether oxygens (including phenoxy) is 1. The highest BCUT2D eigenvalue weighted by molar-refractivity contribution is 5.76. The van der Waals surface area contributed by atoms with Gasteiger partial charge in [-0.2, -0.15) is 4.98 Å². The van der Waals surface area contributed by atoms with Crippen molar-refractivity contribution in [2.45, 2.75) is 19.3 Å². The summed E-state index contributed by atoms with van der Waals surface area (Å²) >= 11 is 0. The van der Waals surface area contributed by atoms with Crippen LogP contribution in [0.2, 0.25) is 0 Å². The van der Waals surface area contributed by atoms with Gasteiger partial charge < -0.3 is 19.2 Å². The zero-order valence-corrected chi connectivity index (χ0v) is 11.9. The van der Waals surface area contributed by atoms with Gasteiger partial charge in [0.05, 0.1) is 7.11 Å². The maximum absolute atomic E-state index is 10.9. The van der Waals surface area contributed by atoms with E-state index >= 15 is 0 Å². The smallest absolute Gasteiger partial charge is 0.303 e. The summed E-state index contributed by atoms with van der Waals surface area (Å²) in [5.74, 6) is 0.148. The standard InChI is InChI=1S/C15H18N2O4/c1-20-11-4-5-13-12(8-11)16-15(21-13)17-6-2-3-10(9-17)7-14(18)19/h4-5,8,10H,2-3,6-7,9H2,1H3,(H,18,19)/t10-/m1/s1. The predicted molar refractivity (Wildman–Crippen MR) is 77.8 cm³/mol. The summed E-state index contributed by atoms with van der Waals surface area (Å²) in [5.41, 5.74) is 1.47. The molecule has 6 nitrogen and oxygen atoms in total. The first-order valence-corrected chi connectivity index (χ1v) is 7.07. The van der Waals surface area contributed by atoms with Gasteiger partial charge in [0.1, 0.15) is 11.3 Å². The molecule has 21 heavy (non-hydrogen) atoms. The second-order valence-electron chi connectivity index (χ2n) is 5.38. The Labute approximate surface area is 122 Å². The lowest BCUT2D eigenvalue weighted by Crippen LogP contribution is -2.36. The molecule has 1 atom stereocenters. The van der Waals surface area contributed by atoms with Gasteiger partial charge in [0.25, 0.3) is 6.01 Å². The number of aromatic nitrogens is 1. The number of fused-ring (bicyclic) bond motifs is 1. The first-order chi connectivity index (χ1) is 10.2. The summed E-state index contributed by atoms with van der Waals surface area (Å²) in [6.45, 7) is 1.52. The third-order valence-electron chi connectivity index (χ3n) is 3.84. The molecule has 1 saturated heterocycles. The molecule has 1 aliphatic heterocycles. The van der Waals surface area contributed by atoms with Gasteiger partial charge in [0.15, 0.2) is 5.58 Å². The zero-order valence-electron chi connectivity index (χ0n) is 11.9. The Morgan fingerprint density at radius 3 is 3.19 bits per heavy atom. The molecule has 1 aromatic carbocycles. The topological polar surface area (TPSA) is 75.8 Å². The van der Waals surface area contributed by atoms with Crippen molar-refractivity contribution >= 4 is 23.1 Å². The molecule has 1 fully saturated rings. The molecule has 1 aromatic heterocycles. The number of carboxylic acids is 1. The number of aliphatic carboxylic acids is 1. The number of benzene rings is 1. The van der Waals surface area contributed by atoms with Crippen molar-refractivity contribution in [2.75, 3.05) is 25.1 Å². The van der Waals surface area contributed by atoms with Gasteiger partial charge in [-0.1, -0.05) is 0 Å². The van der Waals surface area contributed by atoms with Crippen LogP contribution in [0.1, 0.15) is 19.3 Å². The minimum atomic E-state index is -0.746. The molecule has 1 aliphatic rings. The van der Waals surface area contributed by atoms with Crippen LogP contribution in [-0.2, 0) is 4.79 Å². The lowest BCUT2D eigenvalue weighted by Gasteiger charge is -2.30. The van der Waals surface area contributed by atoms with Gasteiger partial charge in [0, 0.05) is 25.6 Å². The maximum Gasteiger partial charge on any atom is 0.303 e. The Morgan fingerprint density at radius 1 is 1.57 bits per heavy atom. The molecule has 0 spiro atoms. The third-order valence-corrected chi connectivity index (χ3v) is 3.84. The van der Waals surface area contributed by atoms with Crippen LogP contribution in [0.5, 0.6) is 5.75 Å². The van der Waals surface area contributed by atoms with Crippen molar-refractivity contribution in [3.8, 4) is 5.75 Å². The molecule has 0 bridgehead atoms. The molecule has 0 amide bonds. The molecule has 0 aliphatic carbocycles. The van der Waals surface area contributed by atoms with E-state index in [1.54, 1.807) is 7.11 Å². The molecule has 3 rings (SSSR count). The predicted octanol–water partition coefficient (Wildman–Crippen LogP) is 2.53. The summed E-state index contributed by atoms with van der Waals surface area (Å²) in [7, 11) is 1.61. The highest BCUT2D eigenvalue weighted by Gasteiger charge is 2.25. The Balaban J connectivity index is 1.80. The normalized spacial score (nSPS) is 18.9. The monoisotopic (exact) mass is 290 g/mol. The summed E-state index contributed by atoms with van der Waals surface area (Å²) < 4.78 is 10.9. The molecule has 112 valence electrons. The van der Waals surface area contributed by atoms with Crippen LogP contribution in [-0.4, -0.2) is 36.3 Å². The number of rotatable bonds is 4. The number of oxazole rings is 1. The number of nitrogens with zero attached hydrogens (tertiary/aromatic N) is 2. The van der Waals surface area contributed by atoms with Gasteiger partial charge in [0.2, 0.25) is 0 Å². The lowest BCUT2D eigenvalue weighted by molar-refractivity contribution is -0.138. The average molecular weight is 290 g/mol. The number of hydrogen-bond donors (Lipinski definition) is 1. The summed E-state index contributed by atoms with van der Waals surface area (Å²) in [6, 6.07) is 6.07. The second kappa shape index (κ2) is 5.63. The Bertz CT molecular complexity index is 652. The maximum atomic E-state index is 10.9. The van der Waals surface area contributed by atoms with Gasteiger partial charge in [-0.25, -0.2) is 0 Å². The van der Waals surface area contributed by atoms with Crippen molar-refractivity contribution in [3.63, 3.8) is 0 Å². The SMILES string of the molecule is COc1ccc2oc(N3CCC[C@H](CC(=O)O)C3)nc2c1. The quantitative estimate of drug-likeness (QED) is 0.932. The van der Waals surface area contributed by atoms with Gasteiger partial charge in [-0.15, -0.1) is 0 Å². The molecule has 0 saturated carbocycles. The summed E-state index contributed by atoms with van der Waals surface area (Å²) in [4.78, 5) is 17.4. The van der Waals surface area contributed by atoms with Gasteiger partial charge >= 0.3 is 5.97 Å². The number of piperidine rings is 1. The van der Waals surface area contributed by atoms with Crippen molar-refractivity contribution in [3.05, 3.63) is 18.2 Å². The van der Waals surface area contributed by atoms with Gasteiger partial charge in [-0.05, 0) is 30.9 Å². The number of hydrogen-bond acceptors (Lipinski definition) is 5. The summed E-state index contributed by atoms with van der Waals surface area (Å²) in [6.07, 6.45) is 2.10. The number of methoxy groups -OCH3 is 1. The molecule has 2 aromatic rings. The number of anilines is 1. The lowest BCUT2D eigenvalue weighted by atomic mass is 9.95. The van der Waals surface area contributed by atoms with E-state index in [9.17, 15) is 4.79 Å². The minimum absolute atomic E-state index is 0.154. The van der Waals surface area contributed by atoms with E-state index in [2.05, 4.69) is 4.98 Å². The van der Waals surface area contributed by atoms with Crippen LogP contribution in [0, 0.1) is 5.92 Å². The van der Waals surface area contributed by atoms with E-state index in [0.29, 0.717) is 18.1 Å². The minimum Gasteiger partial charge on any atom is -0.497 e. The van der Waals surface area contributed by atoms with Crippen LogP contribution in [0.15, 0.2) is 22.6 Å². The highest BCUT2D eigenvalue weighted by atomic mass is 16.5. The Morgan fingerprint density at radius 2 is 2.43 bits per heavy atom. The van der Waals surface area contributed by atoms with Crippen LogP contribution >= 0.6 is 0 Å². The van der Waals surface area contributed by atoms with Crippen molar-refractivity contribution in [2.24, 2.45) is 5.92 Å². The van der Waals surface area contributed by atoms with E-state index in [-0.39, 0.29) is 12.3 Å². The van der Waals surface area contributed by atoms with E-state index < -0.39 is 5.97 Å². The fourth-order valence-electron chi connectivity index (χ4n) is 2.81. The Kier molecular flexibility index (Phi) is 3.68. The fourth-order valence-corrected chi connectivity index (χ4v) is 2.81. The summed E-state index contributed by atoms with van der Waals surface area (Å²) in [5, 5.41) is 8.92. The van der Waals surface area contributed by atoms with Crippen LogP contribution in [0.3, 0.4) is 0 Å². The molecule has 0 radical (unpaired) electrons. The van der Waals surface area contributed by atoms with Crippen LogP contribution in [0.25, 0.3) is 11.1 Å². The largest absolute Gasteiger partial charge is 0.497 e. The molecular weight excluding hydrogens is 272 g/mol. The first kappa shape index (κ1) is 13.7. The zero-order chi connectivity index (χ0) is 14.8. The molecule has 2 heterocycles. The fraction of sp³-hybridized carbons (Fsp3) is 0.467.